The number of hydrogen-bond donors (Lipinski definition) is 0. The van der Waals surface area contributed by atoms with Crippen molar-refractivity contribution in [3.05, 3.63) is 71.0 Å². The standard InChI is InChI=1S/C16H12FNO2/c17-15-3-1-2-14(8-15)9-16(19)20-11-13-6-4-12(10-18)5-7-13/h1-8H,9,11H2. The molecule has 4 heteroatoms. The molecule has 2 aromatic carbocycles. The van der Waals surface area contributed by atoms with Crippen molar-refractivity contribution >= 4 is 5.97 Å². The maximum absolute atomic E-state index is 13.0. The lowest BCUT2D eigenvalue weighted by molar-refractivity contribution is -0.144. The van der Waals surface area contributed by atoms with Gasteiger partial charge in [-0.1, -0.05) is 24.3 Å². The Morgan fingerprint density at radius 3 is 2.55 bits per heavy atom. The topological polar surface area (TPSA) is 50.1 Å². The molecular weight excluding hydrogens is 257 g/mol. The third kappa shape index (κ3) is 3.92. The van der Waals surface area contributed by atoms with E-state index in [0.29, 0.717) is 11.1 Å². The van der Waals surface area contributed by atoms with E-state index in [1.807, 2.05) is 6.07 Å². The van der Waals surface area contributed by atoms with E-state index in [1.165, 1.54) is 12.1 Å². The first-order valence-electron chi connectivity index (χ1n) is 6.06. The summed E-state index contributed by atoms with van der Waals surface area (Å²) < 4.78 is 18.1. The summed E-state index contributed by atoms with van der Waals surface area (Å²) in [5.74, 6) is -0.789. The Balaban J connectivity index is 1.87. The van der Waals surface area contributed by atoms with Crippen LogP contribution in [0.4, 0.5) is 4.39 Å². The van der Waals surface area contributed by atoms with Crippen LogP contribution in [0.1, 0.15) is 16.7 Å². The van der Waals surface area contributed by atoms with Gasteiger partial charge in [-0.25, -0.2) is 4.39 Å². The van der Waals surface area contributed by atoms with Gasteiger partial charge in [-0.2, -0.15) is 5.26 Å². The molecule has 0 saturated carbocycles. The fraction of sp³-hybridized carbons (Fsp3) is 0.125. The summed E-state index contributed by atoms with van der Waals surface area (Å²) in [6, 6.07) is 14.7. The molecule has 0 radical (unpaired) electrons. The number of benzene rings is 2. The minimum Gasteiger partial charge on any atom is -0.461 e. The highest BCUT2D eigenvalue weighted by Gasteiger charge is 2.06. The molecule has 0 aliphatic rings. The predicted molar refractivity (Wildman–Crippen MR) is 71.1 cm³/mol. The van der Waals surface area contributed by atoms with Gasteiger partial charge in [0, 0.05) is 0 Å². The molecule has 0 unspecified atom stereocenters. The fourth-order valence-corrected chi connectivity index (χ4v) is 1.70. The first-order valence-corrected chi connectivity index (χ1v) is 6.06. The van der Waals surface area contributed by atoms with Gasteiger partial charge in [0.1, 0.15) is 12.4 Å². The number of rotatable bonds is 4. The van der Waals surface area contributed by atoms with Gasteiger partial charge in [0.25, 0.3) is 0 Å². The second-order valence-corrected chi connectivity index (χ2v) is 4.28. The van der Waals surface area contributed by atoms with Gasteiger partial charge in [-0.15, -0.1) is 0 Å². The molecule has 20 heavy (non-hydrogen) atoms. The van der Waals surface area contributed by atoms with Gasteiger partial charge in [-0.3, -0.25) is 4.79 Å². The third-order valence-electron chi connectivity index (χ3n) is 2.72. The van der Waals surface area contributed by atoms with Gasteiger partial charge < -0.3 is 4.74 Å². The van der Waals surface area contributed by atoms with Crippen LogP contribution in [0.15, 0.2) is 48.5 Å². The van der Waals surface area contributed by atoms with Gasteiger partial charge in [0.15, 0.2) is 0 Å². The Hall–Kier alpha value is -2.67. The molecule has 0 aliphatic heterocycles. The van der Waals surface area contributed by atoms with Crippen molar-refractivity contribution in [2.75, 3.05) is 0 Å². The molecule has 0 heterocycles. The molecule has 2 aromatic rings. The van der Waals surface area contributed by atoms with E-state index < -0.39 is 5.97 Å². The Morgan fingerprint density at radius 1 is 1.15 bits per heavy atom. The lowest BCUT2D eigenvalue weighted by Crippen LogP contribution is -2.08. The zero-order valence-electron chi connectivity index (χ0n) is 10.7. The van der Waals surface area contributed by atoms with Crippen molar-refractivity contribution in [1.82, 2.24) is 0 Å². The first-order chi connectivity index (χ1) is 9.67. The average Bonchev–Trinajstić information content (AvgIpc) is 2.46. The molecule has 0 bridgehead atoms. The second-order valence-electron chi connectivity index (χ2n) is 4.28. The number of nitriles is 1. The molecule has 100 valence electrons. The van der Waals surface area contributed by atoms with Crippen molar-refractivity contribution in [2.24, 2.45) is 0 Å². The van der Waals surface area contributed by atoms with Crippen LogP contribution in [0.2, 0.25) is 0 Å². The van der Waals surface area contributed by atoms with E-state index >= 15 is 0 Å². The van der Waals surface area contributed by atoms with E-state index in [0.717, 1.165) is 5.56 Å². The summed E-state index contributed by atoms with van der Waals surface area (Å²) in [7, 11) is 0. The molecule has 0 amide bonds. The Bertz CT molecular complexity index is 644. The van der Waals surface area contributed by atoms with Gasteiger partial charge >= 0.3 is 5.97 Å². The molecule has 0 atom stereocenters. The summed E-state index contributed by atoms with van der Waals surface area (Å²) in [4.78, 5) is 11.6. The Labute approximate surface area is 116 Å². The summed E-state index contributed by atoms with van der Waals surface area (Å²) in [6.07, 6.45) is 0.0358. The van der Waals surface area contributed by atoms with Crippen LogP contribution in [0, 0.1) is 17.1 Å². The number of ether oxygens (including phenoxy) is 1. The normalized spacial score (nSPS) is 9.80. The van der Waals surface area contributed by atoms with Crippen LogP contribution in [0.3, 0.4) is 0 Å². The molecule has 0 N–H and O–H groups in total. The Morgan fingerprint density at radius 2 is 1.90 bits per heavy atom. The van der Waals surface area contributed by atoms with Gasteiger partial charge in [0.05, 0.1) is 18.1 Å². The number of nitrogens with zero attached hydrogens (tertiary/aromatic N) is 1. The smallest absolute Gasteiger partial charge is 0.310 e. The zero-order chi connectivity index (χ0) is 14.4. The Kier molecular flexibility index (Phi) is 4.46. The van der Waals surface area contributed by atoms with Crippen LogP contribution >= 0.6 is 0 Å². The molecule has 0 fully saturated rings. The zero-order valence-corrected chi connectivity index (χ0v) is 10.7. The van der Waals surface area contributed by atoms with Crippen molar-refractivity contribution in [3.63, 3.8) is 0 Å². The van der Waals surface area contributed by atoms with Crippen LogP contribution in [-0.4, -0.2) is 5.97 Å². The molecule has 2 rings (SSSR count). The summed E-state index contributed by atoms with van der Waals surface area (Å²) in [5.41, 5.74) is 1.94. The minimum absolute atomic E-state index is 0.0358. The quantitative estimate of drug-likeness (QED) is 0.802. The maximum Gasteiger partial charge on any atom is 0.310 e. The van der Waals surface area contributed by atoms with E-state index in [1.54, 1.807) is 36.4 Å². The summed E-state index contributed by atoms with van der Waals surface area (Å²) in [6.45, 7) is 0.139. The van der Waals surface area contributed by atoms with Crippen molar-refractivity contribution < 1.29 is 13.9 Å². The molecular formula is C16H12FNO2. The van der Waals surface area contributed by atoms with E-state index in [4.69, 9.17) is 10.00 Å². The average molecular weight is 269 g/mol. The number of halogens is 1. The monoisotopic (exact) mass is 269 g/mol. The minimum atomic E-state index is -0.417. The summed E-state index contributed by atoms with van der Waals surface area (Å²) >= 11 is 0. The largest absolute Gasteiger partial charge is 0.461 e. The SMILES string of the molecule is N#Cc1ccc(COC(=O)Cc2cccc(F)c2)cc1. The van der Waals surface area contributed by atoms with Crippen LogP contribution < -0.4 is 0 Å². The van der Waals surface area contributed by atoms with E-state index in [-0.39, 0.29) is 18.8 Å². The van der Waals surface area contributed by atoms with E-state index in [9.17, 15) is 9.18 Å². The molecule has 0 aliphatic carbocycles. The molecule has 0 aromatic heterocycles. The number of carbonyl (C=O) groups excluding carboxylic acids is 1. The maximum atomic E-state index is 13.0. The molecule has 0 saturated heterocycles. The van der Waals surface area contributed by atoms with Crippen LogP contribution in [-0.2, 0) is 22.6 Å². The highest BCUT2D eigenvalue weighted by Crippen LogP contribution is 2.08. The predicted octanol–water partition coefficient (Wildman–Crippen LogP) is 2.98. The summed E-state index contributed by atoms with van der Waals surface area (Å²) in [5, 5.41) is 8.67. The lowest BCUT2D eigenvalue weighted by atomic mass is 10.1. The lowest BCUT2D eigenvalue weighted by Gasteiger charge is -2.05. The first kappa shape index (κ1) is 13.8. The van der Waals surface area contributed by atoms with Crippen LogP contribution in [0.5, 0.6) is 0 Å². The molecule has 0 spiro atoms. The second kappa shape index (κ2) is 6.48. The van der Waals surface area contributed by atoms with Crippen LogP contribution in [0.25, 0.3) is 0 Å². The third-order valence-corrected chi connectivity index (χ3v) is 2.72. The number of esters is 1. The van der Waals surface area contributed by atoms with Gasteiger partial charge in [0.2, 0.25) is 0 Å². The van der Waals surface area contributed by atoms with E-state index in [2.05, 4.69) is 0 Å². The van der Waals surface area contributed by atoms with Crippen molar-refractivity contribution in [3.8, 4) is 6.07 Å². The highest BCUT2D eigenvalue weighted by atomic mass is 19.1. The number of hydrogen-bond acceptors (Lipinski definition) is 3. The van der Waals surface area contributed by atoms with Crippen molar-refractivity contribution in [1.29, 1.82) is 5.26 Å². The molecule has 3 nitrogen and oxygen atoms in total. The van der Waals surface area contributed by atoms with Gasteiger partial charge in [-0.05, 0) is 35.4 Å². The highest BCUT2D eigenvalue weighted by molar-refractivity contribution is 5.72. The number of carbonyl (C=O) groups is 1. The fourth-order valence-electron chi connectivity index (χ4n) is 1.70. The van der Waals surface area contributed by atoms with Crippen molar-refractivity contribution in [2.45, 2.75) is 13.0 Å².